The first kappa shape index (κ1) is 17.6. The molecule has 3 heterocycles. The zero-order valence-electron chi connectivity index (χ0n) is 14.4. The minimum Gasteiger partial charge on any atom is -0.396 e. The van der Waals surface area contributed by atoms with Crippen LogP contribution in [-0.4, -0.2) is 60.2 Å². The van der Waals surface area contributed by atoms with Crippen molar-refractivity contribution in [3.8, 4) is 6.07 Å². The number of aliphatic hydroxyl groups is 1. The van der Waals surface area contributed by atoms with Gasteiger partial charge in [-0.3, -0.25) is 9.69 Å². The number of nitrogens with zero attached hydrogens (tertiary/aromatic N) is 4. The molecule has 2 aliphatic rings. The fourth-order valence-corrected chi connectivity index (χ4v) is 4.27. The average molecular weight is 343 g/mol. The quantitative estimate of drug-likeness (QED) is 0.816. The number of piperidine rings is 2. The lowest BCUT2D eigenvalue weighted by Gasteiger charge is -2.51. The Morgan fingerprint density at radius 2 is 2.12 bits per heavy atom. The van der Waals surface area contributed by atoms with Crippen LogP contribution in [0.2, 0.25) is 0 Å². The molecule has 1 aromatic rings. The number of aromatic nitrogens is 1. The van der Waals surface area contributed by atoms with E-state index in [0.29, 0.717) is 12.1 Å². The molecule has 0 saturated carbocycles. The predicted molar refractivity (Wildman–Crippen MR) is 93.7 cm³/mol. The van der Waals surface area contributed by atoms with Crippen molar-refractivity contribution < 1.29 is 9.90 Å². The third kappa shape index (κ3) is 3.75. The summed E-state index contributed by atoms with van der Waals surface area (Å²) in [4.78, 5) is 19.8. The van der Waals surface area contributed by atoms with Gasteiger partial charge in [0.15, 0.2) is 0 Å². The molecule has 3 rings (SSSR count). The van der Waals surface area contributed by atoms with E-state index < -0.39 is 0 Å². The van der Waals surface area contributed by atoms with Gasteiger partial charge in [-0.25, -0.2) is 4.98 Å². The summed E-state index contributed by atoms with van der Waals surface area (Å²) in [5, 5.41) is 19.1. The molecule has 0 radical (unpaired) electrons. The number of amides is 1. The molecule has 0 aromatic carbocycles. The standard InChI is InChI=1S/C18H25N5O2/c19-10-14-1-5-21-17(9-14)23-8-4-18(15(11-23)13-24)2-6-22(7-3-18)12-16(20)25/h1,5,9,15,24H,2-4,6-8,11-13H2,(H2,20,25)/t15-/m1/s1. The molecule has 0 bridgehead atoms. The first-order valence-corrected chi connectivity index (χ1v) is 8.79. The minimum atomic E-state index is -0.284. The molecule has 7 heteroatoms. The maximum atomic E-state index is 11.1. The lowest BCUT2D eigenvalue weighted by Crippen LogP contribution is -2.54. The van der Waals surface area contributed by atoms with Gasteiger partial charge in [-0.15, -0.1) is 0 Å². The SMILES string of the molecule is N#Cc1ccnc(N2CCC3(CCN(CC(N)=O)CC3)[C@@H](CO)C2)c1. The van der Waals surface area contributed by atoms with Crippen LogP contribution in [0.25, 0.3) is 0 Å². The third-order valence-corrected chi connectivity index (χ3v) is 5.84. The van der Waals surface area contributed by atoms with E-state index in [9.17, 15) is 9.90 Å². The lowest BCUT2D eigenvalue weighted by molar-refractivity contribution is -0.120. The van der Waals surface area contributed by atoms with E-state index in [2.05, 4.69) is 20.9 Å². The van der Waals surface area contributed by atoms with Crippen molar-refractivity contribution in [2.24, 2.45) is 17.1 Å². The molecule has 134 valence electrons. The third-order valence-electron chi connectivity index (χ3n) is 5.84. The summed E-state index contributed by atoms with van der Waals surface area (Å²) >= 11 is 0. The van der Waals surface area contributed by atoms with Gasteiger partial charge >= 0.3 is 0 Å². The van der Waals surface area contributed by atoms with Crippen molar-refractivity contribution in [2.75, 3.05) is 44.2 Å². The van der Waals surface area contributed by atoms with Crippen LogP contribution >= 0.6 is 0 Å². The largest absolute Gasteiger partial charge is 0.396 e. The number of carbonyl (C=O) groups excluding carboxylic acids is 1. The highest BCUT2D eigenvalue weighted by Gasteiger charge is 2.44. The van der Waals surface area contributed by atoms with Crippen molar-refractivity contribution >= 4 is 11.7 Å². The van der Waals surface area contributed by atoms with E-state index in [-0.39, 0.29) is 23.8 Å². The number of pyridine rings is 1. The van der Waals surface area contributed by atoms with E-state index in [1.165, 1.54) is 0 Å². The topological polar surface area (TPSA) is 106 Å². The molecule has 1 aromatic heterocycles. The number of nitriles is 1. The summed E-state index contributed by atoms with van der Waals surface area (Å²) in [6.07, 6.45) is 4.60. The summed E-state index contributed by atoms with van der Waals surface area (Å²) in [6.45, 7) is 3.77. The van der Waals surface area contributed by atoms with Gasteiger partial charge in [-0.2, -0.15) is 5.26 Å². The Morgan fingerprint density at radius 3 is 2.76 bits per heavy atom. The Hall–Kier alpha value is -2.17. The van der Waals surface area contributed by atoms with E-state index >= 15 is 0 Å². The first-order valence-electron chi connectivity index (χ1n) is 8.79. The summed E-state index contributed by atoms with van der Waals surface area (Å²) < 4.78 is 0. The lowest BCUT2D eigenvalue weighted by atomic mass is 9.64. The highest BCUT2D eigenvalue weighted by atomic mass is 16.3. The zero-order chi connectivity index (χ0) is 17.9. The number of likely N-dealkylation sites (tertiary alicyclic amines) is 1. The first-order chi connectivity index (χ1) is 12.1. The van der Waals surface area contributed by atoms with Crippen LogP contribution in [0.1, 0.15) is 24.8 Å². The summed E-state index contributed by atoms with van der Waals surface area (Å²) in [5.74, 6) is 0.691. The molecular weight excluding hydrogens is 318 g/mol. The molecule has 2 fully saturated rings. The molecular formula is C18H25N5O2. The molecule has 2 aliphatic heterocycles. The van der Waals surface area contributed by atoms with Crippen LogP contribution in [0, 0.1) is 22.7 Å². The normalized spacial score (nSPS) is 23.4. The monoisotopic (exact) mass is 343 g/mol. The molecule has 2 saturated heterocycles. The summed E-state index contributed by atoms with van der Waals surface area (Å²) in [5.41, 5.74) is 6.02. The smallest absolute Gasteiger partial charge is 0.231 e. The molecule has 0 aliphatic carbocycles. The fourth-order valence-electron chi connectivity index (χ4n) is 4.27. The Morgan fingerprint density at radius 1 is 1.40 bits per heavy atom. The Labute approximate surface area is 148 Å². The highest BCUT2D eigenvalue weighted by molar-refractivity contribution is 5.75. The molecule has 1 spiro atoms. The number of aliphatic hydroxyl groups excluding tert-OH is 1. The molecule has 1 atom stereocenters. The Balaban J connectivity index is 1.68. The van der Waals surface area contributed by atoms with Crippen LogP contribution in [-0.2, 0) is 4.79 Å². The molecule has 0 unspecified atom stereocenters. The minimum absolute atomic E-state index is 0.117. The molecule has 7 nitrogen and oxygen atoms in total. The van der Waals surface area contributed by atoms with Gasteiger partial charge in [0.1, 0.15) is 5.82 Å². The predicted octanol–water partition coefficient (Wildman–Crippen LogP) is 0.339. The van der Waals surface area contributed by atoms with E-state index in [4.69, 9.17) is 11.0 Å². The van der Waals surface area contributed by atoms with Crippen molar-refractivity contribution in [1.82, 2.24) is 9.88 Å². The second-order valence-corrected chi connectivity index (χ2v) is 7.19. The van der Waals surface area contributed by atoms with Gasteiger partial charge in [0.05, 0.1) is 18.2 Å². The number of carbonyl (C=O) groups is 1. The number of primary amides is 1. The average Bonchev–Trinajstić information content (AvgIpc) is 2.64. The zero-order valence-corrected chi connectivity index (χ0v) is 14.4. The number of anilines is 1. The van der Waals surface area contributed by atoms with Crippen molar-refractivity contribution in [1.29, 1.82) is 5.26 Å². The second-order valence-electron chi connectivity index (χ2n) is 7.19. The van der Waals surface area contributed by atoms with E-state index in [1.807, 2.05) is 6.07 Å². The van der Waals surface area contributed by atoms with E-state index in [1.54, 1.807) is 12.3 Å². The van der Waals surface area contributed by atoms with Gasteiger partial charge in [0.25, 0.3) is 0 Å². The second kappa shape index (κ2) is 7.38. The molecule has 25 heavy (non-hydrogen) atoms. The van der Waals surface area contributed by atoms with Gasteiger partial charge in [-0.05, 0) is 49.9 Å². The number of nitrogens with two attached hydrogens (primary N) is 1. The van der Waals surface area contributed by atoms with Gasteiger partial charge < -0.3 is 15.7 Å². The summed E-state index contributed by atoms with van der Waals surface area (Å²) in [7, 11) is 0. The van der Waals surface area contributed by atoms with Gasteiger partial charge in [0, 0.05) is 31.8 Å². The molecule has 3 N–H and O–H groups in total. The Kier molecular flexibility index (Phi) is 5.21. The number of rotatable bonds is 4. The maximum Gasteiger partial charge on any atom is 0.231 e. The van der Waals surface area contributed by atoms with E-state index in [0.717, 1.165) is 51.3 Å². The van der Waals surface area contributed by atoms with Gasteiger partial charge in [0.2, 0.25) is 5.91 Å². The highest BCUT2D eigenvalue weighted by Crippen LogP contribution is 2.45. The van der Waals surface area contributed by atoms with Crippen LogP contribution < -0.4 is 10.6 Å². The van der Waals surface area contributed by atoms with Crippen molar-refractivity contribution in [3.63, 3.8) is 0 Å². The van der Waals surface area contributed by atoms with Crippen LogP contribution in [0.5, 0.6) is 0 Å². The Bertz CT molecular complexity index is 664. The van der Waals surface area contributed by atoms with Crippen LogP contribution in [0.15, 0.2) is 18.3 Å². The fraction of sp³-hybridized carbons (Fsp3) is 0.611. The number of hydrogen-bond acceptors (Lipinski definition) is 6. The number of hydrogen-bond donors (Lipinski definition) is 2. The van der Waals surface area contributed by atoms with Crippen molar-refractivity contribution in [2.45, 2.75) is 19.3 Å². The van der Waals surface area contributed by atoms with Gasteiger partial charge in [-0.1, -0.05) is 0 Å². The van der Waals surface area contributed by atoms with Crippen LogP contribution in [0.3, 0.4) is 0 Å². The maximum absolute atomic E-state index is 11.1. The summed E-state index contributed by atoms with van der Waals surface area (Å²) in [6, 6.07) is 5.66. The van der Waals surface area contributed by atoms with Crippen molar-refractivity contribution in [3.05, 3.63) is 23.9 Å². The van der Waals surface area contributed by atoms with Crippen LogP contribution in [0.4, 0.5) is 5.82 Å². The molecule has 1 amide bonds.